The van der Waals surface area contributed by atoms with Gasteiger partial charge in [0.1, 0.15) is 11.0 Å². The summed E-state index contributed by atoms with van der Waals surface area (Å²) >= 11 is 11.9. The van der Waals surface area contributed by atoms with E-state index in [4.69, 9.17) is 23.2 Å². The van der Waals surface area contributed by atoms with Crippen LogP contribution >= 0.6 is 23.2 Å². The second-order valence-corrected chi connectivity index (χ2v) is 4.41. The summed E-state index contributed by atoms with van der Waals surface area (Å²) in [6, 6.07) is 8.84. The molecule has 0 spiro atoms. The monoisotopic (exact) mass is 264 g/mol. The first-order valence-electron chi connectivity index (χ1n) is 4.90. The molecular formula is C12H6Cl2N2O. The fourth-order valence-electron chi connectivity index (χ4n) is 1.69. The van der Waals surface area contributed by atoms with Crippen molar-refractivity contribution in [2.45, 2.75) is 0 Å². The van der Waals surface area contributed by atoms with Crippen LogP contribution in [-0.4, -0.2) is 15.1 Å². The lowest BCUT2D eigenvalue weighted by molar-refractivity contribution is 0.480. The number of nitrogens with zero attached hydrogens (tertiary/aromatic N) is 2. The SMILES string of the molecule is Oc1c(Cl)cc(Cl)c2nc3ccccc3nc12. The highest BCUT2D eigenvalue weighted by molar-refractivity contribution is 6.39. The van der Waals surface area contributed by atoms with Gasteiger partial charge in [-0.05, 0) is 18.2 Å². The molecule has 0 amide bonds. The van der Waals surface area contributed by atoms with Crippen LogP contribution in [0.3, 0.4) is 0 Å². The number of aromatic nitrogens is 2. The standard InChI is InChI=1S/C12H6Cl2N2O/c13-6-5-7(14)12(17)11-10(6)15-8-3-1-2-4-9(8)16-11/h1-5,17H. The molecule has 0 radical (unpaired) electrons. The van der Waals surface area contributed by atoms with Crippen LogP contribution in [0.15, 0.2) is 30.3 Å². The van der Waals surface area contributed by atoms with Gasteiger partial charge in [-0.2, -0.15) is 0 Å². The maximum absolute atomic E-state index is 9.85. The van der Waals surface area contributed by atoms with Gasteiger partial charge in [-0.15, -0.1) is 0 Å². The van der Waals surface area contributed by atoms with E-state index in [9.17, 15) is 5.11 Å². The van der Waals surface area contributed by atoms with Gasteiger partial charge in [0.25, 0.3) is 0 Å². The van der Waals surface area contributed by atoms with Gasteiger partial charge in [0.2, 0.25) is 0 Å². The third-order valence-corrected chi connectivity index (χ3v) is 3.08. The first kappa shape index (κ1) is 10.6. The van der Waals surface area contributed by atoms with Gasteiger partial charge in [0.15, 0.2) is 5.75 Å². The number of para-hydroxylation sites is 2. The normalized spacial score (nSPS) is 11.2. The lowest BCUT2D eigenvalue weighted by Crippen LogP contribution is -1.89. The molecule has 2 aromatic carbocycles. The molecular weight excluding hydrogens is 259 g/mol. The number of rotatable bonds is 0. The molecule has 0 atom stereocenters. The van der Waals surface area contributed by atoms with E-state index in [1.807, 2.05) is 24.3 Å². The molecule has 3 nitrogen and oxygen atoms in total. The van der Waals surface area contributed by atoms with Crippen molar-refractivity contribution in [3.05, 3.63) is 40.4 Å². The summed E-state index contributed by atoms with van der Waals surface area (Å²) in [4.78, 5) is 8.68. The van der Waals surface area contributed by atoms with Crippen LogP contribution in [-0.2, 0) is 0 Å². The lowest BCUT2D eigenvalue weighted by atomic mass is 10.2. The lowest BCUT2D eigenvalue weighted by Gasteiger charge is -2.05. The Kier molecular flexibility index (Phi) is 2.31. The van der Waals surface area contributed by atoms with Crippen LogP contribution in [0.5, 0.6) is 5.75 Å². The molecule has 0 fully saturated rings. The number of fused-ring (bicyclic) bond motifs is 2. The number of hydrogen-bond acceptors (Lipinski definition) is 3. The average Bonchev–Trinajstić information content (AvgIpc) is 2.34. The topological polar surface area (TPSA) is 46.0 Å². The Hall–Kier alpha value is -1.58. The van der Waals surface area contributed by atoms with Gasteiger partial charge < -0.3 is 5.11 Å². The minimum atomic E-state index is -0.0932. The molecule has 0 bridgehead atoms. The number of phenols is 1. The van der Waals surface area contributed by atoms with E-state index in [-0.39, 0.29) is 10.8 Å². The zero-order valence-electron chi connectivity index (χ0n) is 8.48. The molecule has 0 aliphatic carbocycles. The second kappa shape index (κ2) is 3.72. The summed E-state index contributed by atoms with van der Waals surface area (Å²) in [6.07, 6.45) is 0. The second-order valence-electron chi connectivity index (χ2n) is 3.60. The van der Waals surface area contributed by atoms with Crippen LogP contribution < -0.4 is 0 Å². The minimum Gasteiger partial charge on any atom is -0.504 e. The van der Waals surface area contributed by atoms with Crippen molar-refractivity contribution in [1.82, 2.24) is 9.97 Å². The number of phenolic OH excluding ortho intramolecular Hbond substituents is 1. The van der Waals surface area contributed by atoms with Gasteiger partial charge in [-0.3, -0.25) is 0 Å². The summed E-state index contributed by atoms with van der Waals surface area (Å²) in [6.45, 7) is 0. The number of benzene rings is 2. The highest BCUT2D eigenvalue weighted by atomic mass is 35.5. The Morgan fingerprint density at radius 3 is 2.12 bits per heavy atom. The predicted molar refractivity (Wildman–Crippen MR) is 68.7 cm³/mol. The Morgan fingerprint density at radius 2 is 1.47 bits per heavy atom. The van der Waals surface area contributed by atoms with E-state index in [0.717, 1.165) is 5.52 Å². The van der Waals surface area contributed by atoms with Crippen LogP contribution in [0.2, 0.25) is 10.0 Å². The smallest absolute Gasteiger partial charge is 0.162 e. The third-order valence-electron chi connectivity index (χ3n) is 2.50. The fraction of sp³-hybridized carbons (Fsp3) is 0. The first-order chi connectivity index (χ1) is 8.16. The van der Waals surface area contributed by atoms with Gasteiger partial charge in [0.05, 0.1) is 21.1 Å². The molecule has 84 valence electrons. The Labute approximate surface area is 107 Å². The van der Waals surface area contributed by atoms with Crippen molar-refractivity contribution in [2.24, 2.45) is 0 Å². The zero-order chi connectivity index (χ0) is 12.0. The van der Waals surface area contributed by atoms with Gasteiger partial charge in [-0.1, -0.05) is 35.3 Å². The largest absolute Gasteiger partial charge is 0.504 e. The van der Waals surface area contributed by atoms with Crippen molar-refractivity contribution in [3.63, 3.8) is 0 Å². The minimum absolute atomic E-state index is 0.0932. The molecule has 0 aliphatic rings. The van der Waals surface area contributed by atoms with Crippen molar-refractivity contribution >= 4 is 45.3 Å². The van der Waals surface area contributed by atoms with Crippen molar-refractivity contribution in [3.8, 4) is 5.75 Å². The number of hydrogen-bond donors (Lipinski definition) is 1. The fourth-order valence-corrected chi connectivity index (χ4v) is 2.19. The van der Waals surface area contributed by atoms with Crippen molar-refractivity contribution < 1.29 is 5.11 Å². The molecule has 1 heterocycles. The molecule has 5 heteroatoms. The number of halogens is 2. The Balaban J connectivity index is 2.56. The highest BCUT2D eigenvalue weighted by Crippen LogP contribution is 2.35. The van der Waals surface area contributed by atoms with E-state index in [1.54, 1.807) is 0 Å². The average molecular weight is 265 g/mol. The summed E-state index contributed by atoms with van der Waals surface area (Å²) in [7, 11) is 0. The van der Waals surface area contributed by atoms with Crippen LogP contribution in [0.1, 0.15) is 0 Å². The molecule has 3 aromatic rings. The Bertz CT molecular complexity index is 743. The van der Waals surface area contributed by atoms with Crippen LogP contribution in [0.25, 0.3) is 22.1 Å². The number of aromatic hydroxyl groups is 1. The molecule has 0 saturated carbocycles. The summed E-state index contributed by atoms with van der Waals surface area (Å²) in [5.41, 5.74) is 2.19. The van der Waals surface area contributed by atoms with Crippen LogP contribution in [0, 0.1) is 0 Å². The first-order valence-corrected chi connectivity index (χ1v) is 5.66. The molecule has 0 aliphatic heterocycles. The van der Waals surface area contributed by atoms with Crippen molar-refractivity contribution in [2.75, 3.05) is 0 Å². The quantitative estimate of drug-likeness (QED) is 0.629. The van der Waals surface area contributed by atoms with E-state index >= 15 is 0 Å². The maximum atomic E-state index is 9.85. The van der Waals surface area contributed by atoms with Crippen molar-refractivity contribution in [1.29, 1.82) is 0 Å². The summed E-state index contributed by atoms with van der Waals surface area (Å²) < 4.78 is 0. The zero-order valence-corrected chi connectivity index (χ0v) is 10.00. The molecule has 1 aromatic heterocycles. The van der Waals surface area contributed by atoms with E-state index in [2.05, 4.69) is 9.97 Å². The molecule has 0 unspecified atom stereocenters. The molecule has 0 saturated heterocycles. The molecule has 1 N–H and O–H groups in total. The highest BCUT2D eigenvalue weighted by Gasteiger charge is 2.12. The van der Waals surface area contributed by atoms with Crippen LogP contribution in [0.4, 0.5) is 0 Å². The van der Waals surface area contributed by atoms with E-state index in [1.165, 1.54) is 6.07 Å². The Morgan fingerprint density at radius 1 is 0.882 bits per heavy atom. The van der Waals surface area contributed by atoms with Gasteiger partial charge in [0, 0.05) is 0 Å². The van der Waals surface area contributed by atoms with Gasteiger partial charge >= 0.3 is 0 Å². The van der Waals surface area contributed by atoms with E-state index < -0.39 is 0 Å². The predicted octanol–water partition coefficient (Wildman–Crippen LogP) is 3.80. The van der Waals surface area contributed by atoms with E-state index in [0.29, 0.717) is 21.6 Å². The maximum Gasteiger partial charge on any atom is 0.162 e. The summed E-state index contributed by atoms with van der Waals surface area (Å²) in [5, 5.41) is 10.4. The third kappa shape index (κ3) is 1.59. The summed E-state index contributed by atoms with van der Waals surface area (Å²) in [5.74, 6) is -0.0932. The molecule has 3 rings (SSSR count). The van der Waals surface area contributed by atoms with Gasteiger partial charge in [-0.25, -0.2) is 9.97 Å². The molecule has 17 heavy (non-hydrogen) atoms.